The highest BCUT2D eigenvalue weighted by atomic mass is 32.2. The topological polar surface area (TPSA) is 51.5 Å². The molecule has 0 N–H and O–H groups in total. The molecule has 0 amide bonds. The van der Waals surface area contributed by atoms with Crippen molar-refractivity contribution in [3.63, 3.8) is 0 Å². The van der Waals surface area contributed by atoms with E-state index in [1.807, 2.05) is 54.9 Å². The maximum absolute atomic E-state index is 13.3. The highest BCUT2D eigenvalue weighted by Crippen LogP contribution is 2.44. The Labute approximate surface area is 193 Å². The third-order valence-electron chi connectivity index (χ3n) is 5.66. The molecule has 0 aliphatic carbocycles. The lowest BCUT2D eigenvalue weighted by atomic mass is 10.3. The van der Waals surface area contributed by atoms with Crippen molar-refractivity contribution in [3.05, 3.63) is 67.9 Å². The van der Waals surface area contributed by atoms with Gasteiger partial charge >= 0.3 is 5.89 Å². The van der Waals surface area contributed by atoms with Crippen molar-refractivity contribution in [1.82, 2.24) is 4.57 Å². The van der Waals surface area contributed by atoms with Crippen molar-refractivity contribution in [2.45, 2.75) is 31.8 Å². The number of rotatable bonds is 4. The molecular weight excluding hydrogens is 442 g/mol. The molecule has 8 heteroatoms. The molecule has 4 aromatic rings. The molecule has 0 radical (unpaired) electrons. The molecule has 0 atom stereocenters. The van der Waals surface area contributed by atoms with Crippen LogP contribution in [0.25, 0.3) is 22.2 Å². The van der Waals surface area contributed by atoms with E-state index in [2.05, 4.69) is 28.5 Å². The Morgan fingerprint density at radius 2 is 2.00 bits per heavy atom. The van der Waals surface area contributed by atoms with Gasteiger partial charge in [0.15, 0.2) is 0 Å². The average Bonchev–Trinajstić information content (AvgIpc) is 3.44. The summed E-state index contributed by atoms with van der Waals surface area (Å²) in [7, 11) is 3.68. The van der Waals surface area contributed by atoms with Crippen molar-refractivity contribution in [3.8, 4) is 5.75 Å². The number of methoxy groups -OCH3 is 1. The van der Waals surface area contributed by atoms with Gasteiger partial charge in [0, 0.05) is 18.5 Å². The maximum Gasteiger partial charge on any atom is 0.377 e. The predicted octanol–water partition coefficient (Wildman–Crippen LogP) is 3.13. The molecule has 6 nitrogen and oxygen atoms in total. The van der Waals surface area contributed by atoms with E-state index in [9.17, 15) is 4.79 Å². The fourth-order valence-corrected chi connectivity index (χ4v) is 6.46. The first-order valence-electron chi connectivity index (χ1n) is 10.5. The molecule has 0 bridgehead atoms. The van der Waals surface area contributed by atoms with E-state index in [1.165, 1.54) is 16.2 Å². The Morgan fingerprint density at radius 1 is 1.19 bits per heavy atom. The number of para-hydroxylation sites is 1. The molecule has 0 saturated carbocycles. The zero-order valence-corrected chi connectivity index (χ0v) is 20.0. The number of hydrogen-bond donors (Lipinski definition) is 0. The van der Waals surface area contributed by atoms with Gasteiger partial charge in [0.1, 0.15) is 26.5 Å². The summed E-state index contributed by atoms with van der Waals surface area (Å²) in [5, 5.41) is 0.973. The van der Waals surface area contributed by atoms with Gasteiger partial charge in [-0.25, -0.2) is 0 Å². The molecule has 32 heavy (non-hydrogen) atoms. The van der Waals surface area contributed by atoms with Crippen LogP contribution in [0.3, 0.4) is 0 Å². The number of oxazole rings is 1. The van der Waals surface area contributed by atoms with Crippen molar-refractivity contribution in [1.29, 1.82) is 0 Å². The first-order valence-corrected chi connectivity index (χ1v) is 12.2. The second-order valence-electron chi connectivity index (χ2n) is 7.42. The first-order chi connectivity index (χ1) is 15.5. The number of fused-ring (bicyclic) bond motifs is 2. The van der Waals surface area contributed by atoms with Crippen LogP contribution < -0.4 is 29.0 Å². The summed E-state index contributed by atoms with van der Waals surface area (Å²) in [5.74, 6) is 1.50. The standard InChI is InChI=1S/C24H24N3O3S2/c1-5-26-17-13-15(29-4)11-12-18(17)30-20(26)14-21-27(6-2)23(28)22(32-21)24-25(3)16-9-7-8-10-19(16)31-24/h7-14H,5-6H2,1-4H3/q+1/b24-22-. The Morgan fingerprint density at radius 3 is 2.72 bits per heavy atom. The fourth-order valence-electron chi connectivity index (χ4n) is 4.02. The van der Waals surface area contributed by atoms with E-state index in [1.54, 1.807) is 18.9 Å². The zero-order chi connectivity index (χ0) is 22.4. The molecule has 1 aliphatic heterocycles. The minimum atomic E-state index is 0.0340. The van der Waals surface area contributed by atoms with Crippen molar-refractivity contribution in [2.24, 2.45) is 0 Å². The van der Waals surface area contributed by atoms with Crippen LogP contribution in [0.4, 0.5) is 5.69 Å². The van der Waals surface area contributed by atoms with E-state index in [-0.39, 0.29) is 5.56 Å². The van der Waals surface area contributed by atoms with Crippen LogP contribution in [0, 0.1) is 0 Å². The fraction of sp³-hybridized carbons (Fsp3) is 0.250. The third-order valence-corrected chi connectivity index (χ3v) is 8.15. The number of ether oxygens (including phenoxy) is 1. The van der Waals surface area contributed by atoms with Gasteiger partial charge in [0.2, 0.25) is 5.58 Å². The minimum Gasteiger partial charge on any atom is -0.497 e. The van der Waals surface area contributed by atoms with Crippen LogP contribution in [-0.4, -0.2) is 18.7 Å². The third kappa shape index (κ3) is 3.25. The minimum absolute atomic E-state index is 0.0340. The molecule has 2 aromatic heterocycles. The molecule has 0 spiro atoms. The van der Waals surface area contributed by atoms with Crippen LogP contribution in [0.1, 0.15) is 19.7 Å². The quantitative estimate of drug-likeness (QED) is 0.433. The smallest absolute Gasteiger partial charge is 0.377 e. The lowest BCUT2D eigenvalue weighted by Crippen LogP contribution is -2.36. The molecule has 0 unspecified atom stereocenters. The Bertz CT molecular complexity index is 1510. The molecular formula is C24H24N3O3S2+. The summed E-state index contributed by atoms with van der Waals surface area (Å²) in [6, 6.07) is 14.0. The Balaban J connectivity index is 1.72. The summed E-state index contributed by atoms with van der Waals surface area (Å²) in [6.45, 7) is 5.41. The number of thioether (sulfide) groups is 1. The van der Waals surface area contributed by atoms with Gasteiger partial charge in [0.25, 0.3) is 11.1 Å². The molecule has 0 fully saturated rings. The van der Waals surface area contributed by atoms with E-state index >= 15 is 0 Å². The van der Waals surface area contributed by atoms with Gasteiger partial charge in [-0.05, 0) is 38.1 Å². The number of aryl methyl sites for hydroxylation is 1. The number of hydrogen-bond acceptors (Lipinski definition) is 6. The van der Waals surface area contributed by atoms with Gasteiger partial charge in [-0.2, -0.15) is 4.57 Å². The lowest BCUT2D eigenvalue weighted by Gasteiger charge is -2.11. The van der Waals surface area contributed by atoms with E-state index in [0.29, 0.717) is 12.4 Å². The number of aromatic nitrogens is 2. The van der Waals surface area contributed by atoms with Crippen LogP contribution in [0.2, 0.25) is 0 Å². The number of nitrogens with zero attached hydrogens (tertiary/aromatic N) is 3. The van der Waals surface area contributed by atoms with Crippen LogP contribution in [0.15, 0.2) is 56.6 Å². The average molecular weight is 467 g/mol. The highest BCUT2D eigenvalue weighted by Gasteiger charge is 2.25. The normalized spacial score (nSPS) is 15.6. The SMILES string of the molecule is CCn1c(=Cc2oc3ccc(OC)cc3[n+]2CC)s/c(=C2\Sc3ccccc3N2C)c1=O. The lowest BCUT2D eigenvalue weighted by molar-refractivity contribution is -0.674. The maximum atomic E-state index is 13.3. The van der Waals surface area contributed by atoms with Crippen LogP contribution >= 0.6 is 23.1 Å². The van der Waals surface area contributed by atoms with Gasteiger partial charge in [-0.1, -0.05) is 23.9 Å². The Hall–Kier alpha value is -2.97. The second kappa shape index (κ2) is 8.18. The summed E-state index contributed by atoms with van der Waals surface area (Å²) < 4.78 is 17.1. The van der Waals surface area contributed by atoms with Gasteiger partial charge in [-0.3, -0.25) is 9.36 Å². The summed E-state index contributed by atoms with van der Waals surface area (Å²) in [6.07, 6.45) is 1.97. The molecule has 3 heterocycles. The summed E-state index contributed by atoms with van der Waals surface area (Å²) >= 11 is 3.16. The van der Waals surface area contributed by atoms with Gasteiger partial charge < -0.3 is 14.1 Å². The number of anilines is 1. The van der Waals surface area contributed by atoms with Crippen molar-refractivity contribution in [2.75, 3.05) is 19.1 Å². The second-order valence-corrected chi connectivity index (χ2v) is 9.48. The molecule has 5 rings (SSSR count). The number of benzene rings is 2. The Kier molecular flexibility index (Phi) is 5.35. The van der Waals surface area contributed by atoms with E-state index in [4.69, 9.17) is 9.15 Å². The molecule has 164 valence electrons. The van der Waals surface area contributed by atoms with Crippen molar-refractivity contribution >= 4 is 51.0 Å². The molecule has 2 aromatic carbocycles. The summed E-state index contributed by atoms with van der Waals surface area (Å²) in [4.78, 5) is 16.6. The number of thiazole rings is 1. The molecule has 1 aliphatic rings. The first kappa shape index (κ1) is 20.9. The van der Waals surface area contributed by atoms with Crippen LogP contribution in [0.5, 0.6) is 5.75 Å². The van der Waals surface area contributed by atoms with E-state index < -0.39 is 0 Å². The monoisotopic (exact) mass is 466 g/mol. The van der Waals surface area contributed by atoms with Gasteiger partial charge in [-0.15, -0.1) is 11.3 Å². The van der Waals surface area contributed by atoms with E-state index in [0.717, 1.165) is 43.3 Å². The van der Waals surface area contributed by atoms with Gasteiger partial charge in [0.05, 0.1) is 24.9 Å². The zero-order valence-electron chi connectivity index (χ0n) is 18.4. The predicted molar refractivity (Wildman–Crippen MR) is 130 cm³/mol. The van der Waals surface area contributed by atoms with Crippen LogP contribution in [-0.2, 0) is 13.1 Å². The van der Waals surface area contributed by atoms with Crippen molar-refractivity contribution < 1.29 is 13.7 Å². The highest BCUT2D eigenvalue weighted by molar-refractivity contribution is 8.08. The molecule has 0 saturated heterocycles. The largest absolute Gasteiger partial charge is 0.497 e. The summed E-state index contributed by atoms with van der Waals surface area (Å²) in [5.41, 5.74) is 2.92.